The minimum Gasteiger partial charge on any atom is -0.487 e. The van der Waals surface area contributed by atoms with E-state index in [2.05, 4.69) is 15.9 Å². The molecule has 4 N–H and O–H groups in total. The van der Waals surface area contributed by atoms with Crippen molar-refractivity contribution in [2.24, 2.45) is 5.73 Å². The predicted molar refractivity (Wildman–Crippen MR) is 77.8 cm³/mol. The molecule has 98 valence electrons. The average molecular weight is 321 g/mol. The van der Waals surface area contributed by atoms with Crippen molar-refractivity contribution in [2.75, 3.05) is 5.73 Å². The summed E-state index contributed by atoms with van der Waals surface area (Å²) in [5, 5.41) is 0. The number of hydrogen-bond acceptors (Lipinski definition) is 3. The van der Waals surface area contributed by atoms with Crippen LogP contribution in [0.1, 0.15) is 15.9 Å². The first kappa shape index (κ1) is 13.4. The van der Waals surface area contributed by atoms with Gasteiger partial charge in [-0.3, -0.25) is 4.79 Å². The molecule has 0 fully saturated rings. The number of primary amides is 1. The molecule has 0 aliphatic heterocycles. The SMILES string of the molecule is NC(=O)c1cccc(COc2ccc(Br)cc2N)c1. The van der Waals surface area contributed by atoms with Gasteiger partial charge in [-0.15, -0.1) is 0 Å². The molecule has 0 aliphatic rings. The van der Waals surface area contributed by atoms with Crippen LogP contribution >= 0.6 is 15.9 Å². The number of carbonyl (C=O) groups excluding carboxylic acids is 1. The van der Waals surface area contributed by atoms with E-state index in [4.69, 9.17) is 16.2 Å². The minimum absolute atomic E-state index is 0.326. The van der Waals surface area contributed by atoms with Gasteiger partial charge in [0.25, 0.3) is 0 Å². The topological polar surface area (TPSA) is 78.3 Å². The molecule has 0 aromatic heterocycles. The van der Waals surface area contributed by atoms with Gasteiger partial charge in [0.2, 0.25) is 5.91 Å². The van der Waals surface area contributed by atoms with Crippen LogP contribution in [-0.4, -0.2) is 5.91 Å². The summed E-state index contributed by atoms with van der Waals surface area (Å²) in [6.45, 7) is 0.326. The van der Waals surface area contributed by atoms with Crippen LogP contribution in [0.2, 0.25) is 0 Å². The molecule has 4 nitrogen and oxygen atoms in total. The lowest BCUT2D eigenvalue weighted by atomic mass is 10.1. The molecule has 0 saturated carbocycles. The summed E-state index contributed by atoms with van der Waals surface area (Å²) in [4.78, 5) is 11.1. The molecule has 2 aromatic carbocycles. The summed E-state index contributed by atoms with van der Waals surface area (Å²) in [7, 11) is 0. The van der Waals surface area contributed by atoms with Crippen LogP contribution in [0.5, 0.6) is 5.75 Å². The van der Waals surface area contributed by atoms with Gasteiger partial charge in [-0.25, -0.2) is 0 Å². The lowest BCUT2D eigenvalue weighted by Gasteiger charge is -2.09. The van der Waals surface area contributed by atoms with Gasteiger partial charge in [0.1, 0.15) is 12.4 Å². The lowest BCUT2D eigenvalue weighted by Crippen LogP contribution is -2.11. The highest BCUT2D eigenvalue weighted by Crippen LogP contribution is 2.26. The van der Waals surface area contributed by atoms with E-state index in [1.807, 2.05) is 12.1 Å². The second kappa shape index (κ2) is 5.75. The summed E-state index contributed by atoms with van der Waals surface area (Å²) < 4.78 is 6.51. The van der Waals surface area contributed by atoms with E-state index < -0.39 is 5.91 Å². The zero-order valence-corrected chi connectivity index (χ0v) is 11.7. The van der Waals surface area contributed by atoms with Crippen molar-refractivity contribution in [3.8, 4) is 5.75 Å². The Hall–Kier alpha value is -2.01. The number of benzene rings is 2. The fourth-order valence-corrected chi connectivity index (χ4v) is 2.01. The van der Waals surface area contributed by atoms with Crippen molar-refractivity contribution in [2.45, 2.75) is 6.61 Å². The number of rotatable bonds is 4. The van der Waals surface area contributed by atoms with E-state index in [0.717, 1.165) is 10.0 Å². The summed E-state index contributed by atoms with van der Waals surface area (Å²) in [6.07, 6.45) is 0. The third kappa shape index (κ3) is 3.48. The number of halogens is 1. The highest BCUT2D eigenvalue weighted by atomic mass is 79.9. The first-order valence-corrected chi connectivity index (χ1v) is 6.42. The van der Waals surface area contributed by atoms with Gasteiger partial charge in [-0.05, 0) is 35.9 Å². The van der Waals surface area contributed by atoms with E-state index in [1.165, 1.54) is 0 Å². The molecule has 1 amide bonds. The number of nitrogens with two attached hydrogens (primary N) is 2. The molecule has 0 bridgehead atoms. The quantitative estimate of drug-likeness (QED) is 0.850. The van der Waals surface area contributed by atoms with Crippen molar-refractivity contribution in [3.05, 3.63) is 58.1 Å². The third-order valence-electron chi connectivity index (χ3n) is 2.58. The van der Waals surface area contributed by atoms with Crippen LogP contribution in [-0.2, 0) is 6.61 Å². The second-order valence-corrected chi connectivity index (χ2v) is 4.95. The zero-order chi connectivity index (χ0) is 13.8. The number of amides is 1. The Labute approximate surface area is 119 Å². The fraction of sp³-hybridized carbons (Fsp3) is 0.0714. The molecule has 0 aliphatic carbocycles. The number of carbonyl (C=O) groups is 1. The van der Waals surface area contributed by atoms with Crippen molar-refractivity contribution < 1.29 is 9.53 Å². The van der Waals surface area contributed by atoms with Crippen molar-refractivity contribution in [1.29, 1.82) is 0 Å². The van der Waals surface area contributed by atoms with Gasteiger partial charge >= 0.3 is 0 Å². The summed E-state index contributed by atoms with van der Waals surface area (Å²) in [5.41, 5.74) is 12.9. The van der Waals surface area contributed by atoms with Crippen molar-refractivity contribution in [1.82, 2.24) is 0 Å². The molecule has 2 rings (SSSR count). The zero-order valence-electron chi connectivity index (χ0n) is 10.1. The maximum atomic E-state index is 11.1. The normalized spacial score (nSPS) is 10.2. The van der Waals surface area contributed by atoms with Gasteiger partial charge in [0.05, 0.1) is 5.69 Å². The van der Waals surface area contributed by atoms with Gasteiger partial charge in [0, 0.05) is 10.0 Å². The van der Waals surface area contributed by atoms with Crippen molar-refractivity contribution in [3.63, 3.8) is 0 Å². The molecule has 19 heavy (non-hydrogen) atoms. The molecule has 0 saturated heterocycles. The van der Waals surface area contributed by atoms with E-state index in [9.17, 15) is 4.79 Å². The number of hydrogen-bond donors (Lipinski definition) is 2. The Bertz CT molecular complexity index is 614. The largest absolute Gasteiger partial charge is 0.487 e. The number of anilines is 1. The summed E-state index contributed by atoms with van der Waals surface area (Å²) in [6, 6.07) is 12.4. The molecule has 2 aromatic rings. The Kier molecular flexibility index (Phi) is 4.06. The van der Waals surface area contributed by atoms with Crippen LogP contribution in [0.15, 0.2) is 46.9 Å². The number of ether oxygens (including phenoxy) is 1. The van der Waals surface area contributed by atoms with Crippen LogP contribution in [0.4, 0.5) is 5.69 Å². The lowest BCUT2D eigenvalue weighted by molar-refractivity contribution is 0.1000. The van der Waals surface area contributed by atoms with Crippen LogP contribution in [0.25, 0.3) is 0 Å². The molecule has 0 spiro atoms. The average Bonchev–Trinajstić information content (AvgIpc) is 2.38. The molecule has 0 unspecified atom stereocenters. The fourth-order valence-electron chi connectivity index (χ4n) is 1.63. The van der Waals surface area contributed by atoms with Gasteiger partial charge in [0.15, 0.2) is 0 Å². The molecule has 5 heteroatoms. The Morgan fingerprint density at radius 1 is 1.21 bits per heavy atom. The van der Waals surface area contributed by atoms with Crippen LogP contribution in [0, 0.1) is 0 Å². The Morgan fingerprint density at radius 2 is 2.00 bits per heavy atom. The molecule has 0 heterocycles. The number of nitrogen functional groups attached to an aromatic ring is 1. The summed E-state index contributed by atoms with van der Waals surface area (Å²) in [5.74, 6) is 0.151. The first-order chi connectivity index (χ1) is 9.06. The predicted octanol–water partition coefficient (Wildman–Crippen LogP) is 2.71. The van der Waals surface area contributed by atoms with Gasteiger partial charge < -0.3 is 16.2 Å². The monoisotopic (exact) mass is 320 g/mol. The smallest absolute Gasteiger partial charge is 0.248 e. The molecular weight excluding hydrogens is 308 g/mol. The Balaban J connectivity index is 2.10. The van der Waals surface area contributed by atoms with Crippen LogP contribution in [0.3, 0.4) is 0 Å². The van der Waals surface area contributed by atoms with E-state index in [-0.39, 0.29) is 0 Å². The first-order valence-electron chi connectivity index (χ1n) is 5.63. The highest BCUT2D eigenvalue weighted by molar-refractivity contribution is 9.10. The van der Waals surface area contributed by atoms with Crippen LogP contribution < -0.4 is 16.2 Å². The second-order valence-electron chi connectivity index (χ2n) is 4.04. The van der Waals surface area contributed by atoms with Gasteiger partial charge in [-0.2, -0.15) is 0 Å². The molecule has 0 radical (unpaired) electrons. The van der Waals surface area contributed by atoms with Gasteiger partial charge in [-0.1, -0.05) is 28.1 Å². The third-order valence-corrected chi connectivity index (χ3v) is 3.07. The maximum Gasteiger partial charge on any atom is 0.248 e. The van der Waals surface area contributed by atoms with Crippen molar-refractivity contribution >= 4 is 27.5 Å². The molecule has 0 atom stereocenters. The maximum absolute atomic E-state index is 11.1. The standard InChI is InChI=1S/C14H13BrN2O2/c15-11-4-5-13(12(16)7-11)19-8-9-2-1-3-10(6-9)14(17)18/h1-7H,8,16H2,(H2,17,18). The van der Waals surface area contributed by atoms with E-state index >= 15 is 0 Å². The summed E-state index contributed by atoms with van der Waals surface area (Å²) >= 11 is 3.33. The highest BCUT2D eigenvalue weighted by Gasteiger charge is 2.04. The molecular formula is C14H13BrN2O2. The van der Waals surface area contributed by atoms with E-state index in [1.54, 1.807) is 30.3 Å². The van der Waals surface area contributed by atoms with E-state index in [0.29, 0.717) is 23.6 Å². The minimum atomic E-state index is -0.454. The Morgan fingerprint density at radius 3 is 2.68 bits per heavy atom.